The summed E-state index contributed by atoms with van der Waals surface area (Å²) in [5, 5.41) is 2.31. The average Bonchev–Trinajstić information content (AvgIpc) is 3.05. The van der Waals surface area contributed by atoms with E-state index in [0.717, 1.165) is 25.3 Å². The number of carbonyl (C=O) groups excluding carboxylic acids is 2. The van der Waals surface area contributed by atoms with Gasteiger partial charge >= 0.3 is 5.97 Å². The van der Waals surface area contributed by atoms with Gasteiger partial charge in [0.25, 0.3) is 5.91 Å². The van der Waals surface area contributed by atoms with Crippen LogP contribution in [0.4, 0.5) is 8.78 Å². The molecule has 7 nitrogen and oxygen atoms in total. The minimum atomic E-state index is -1.52. The van der Waals surface area contributed by atoms with Gasteiger partial charge in [-0.15, -0.1) is 0 Å². The first-order valence-electron chi connectivity index (χ1n) is 7.13. The molecule has 25 heavy (non-hydrogen) atoms. The molecule has 0 radical (unpaired) electrons. The minimum absolute atomic E-state index is 0.0376. The lowest BCUT2D eigenvalue weighted by Crippen LogP contribution is -2.35. The number of hydrogen-bond donors (Lipinski definition) is 1. The van der Waals surface area contributed by atoms with Gasteiger partial charge in [0.15, 0.2) is 6.04 Å². The molecule has 2 aromatic heterocycles. The second-order valence-corrected chi connectivity index (χ2v) is 5.05. The van der Waals surface area contributed by atoms with Crippen molar-refractivity contribution in [2.45, 2.75) is 6.04 Å². The van der Waals surface area contributed by atoms with Crippen LogP contribution < -0.4 is 5.32 Å². The Morgan fingerprint density at radius 2 is 2.12 bits per heavy atom. The fourth-order valence-corrected chi connectivity index (χ4v) is 2.26. The van der Waals surface area contributed by atoms with Gasteiger partial charge in [-0.05, 0) is 24.3 Å². The number of methoxy groups -OCH3 is 1. The molecular weight excluding hydrogens is 334 g/mol. The molecule has 3 aromatic rings. The molecule has 0 fully saturated rings. The summed E-state index contributed by atoms with van der Waals surface area (Å²) < 4.78 is 33.5. The zero-order chi connectivity index (χ0) is 18.0. The lowest BCUT2D eigenvalue weighted by atomic mass is 10.1. The van der Waals surface area contributed by atoms with Gasteiger partial charge in [-0.3, -0.25) is 9.20 Å². The molecule has 1 N–H and O–H groups in total. The third-order valence-electron chi connectivity index (χ3n) is 3.45. The van der Waals surface area contributed by atoms with Crippen molar-refractivity contribution in [3.8, 4) is 0 Å². The maximum Gasteiger partial charge on any atom is 0.333 e. The molecule has 128 valence electrons. The Balaban J connectivity index is 1.93. The standard InChI is InChI=1S/C16H12F2N4O3/c1-25-15(24)13(10-7-9(17)3-4-11(10)18)21-14(23)12-8-22-6-2-5-19-16(22)20-12/h2-8,13H,1H3,(H,21,23). The van der Waals surface area contributed by atoms with E-state index in [1.165, 1.54) is 16.8 Å². The van der Waals surface area contributed by atoms with Crippen molar-refractivity contribution in [1.82, 2.24) is 19.7 Å². The number of carbonyl (C=O) groups is 2. The van der Waals surface area contributed by atoms with E-state index in [-0.39, 0.29) is 17.0 Å². The van der Waals surface area contributed by atoms with Gasteiger partial charge in [-0.1, -0.05) is 0 Å². The molecule has 0 bridgehead atoms. The molecule has 0 aliphatic rings. The molecule has 2 heterocycles. The number of halogens is 2. The van der Waals surface area contributed by atoms with E-state index >= 15 is 0 Å². The average molecular weight is 346 g/mol. The van der Waals surface area contributed by atoms with Crippen LogP contribution in [0.2, 0.25) is 0 Å². The lowest BCUT2D eigenvalue weighted by molar-refractivity contribution is -0.143. The highest BCUT2D eigenvalue weighted by atomic mass is 19.1. The molecule has 3 rings (SSSR count). The first-order chi connectivity index (χ1) is 12.0. The molecule has 9 heteroatoms. The van der Waals surface area contributed by atoms with E-state index in [1.54, 1.807) is 12.3 Å². The molecular formula is C16H12F2N4O3. The number of benzene rings is 1. The Labute approximate surface area is 140 Å². The molecule has 1 atom stereocenters. The molecule has 0 aliphatic carbocycles. The Morgan fingerprint density at radius 3 is 2.84 bits per heavy atom. The largest absolute Gasteiger partial charge is 0.467 e. The van der Waals surface area contributed by atoms with Crippen molar-refractivity contribution in [3.05, 3.63) is 65.7 Å². The van der Waals surface area contributed by atoms with Gasteiger partial charge in [0.2, 0.25) is 5.78 Å². The zero-order valence-corrected chi connectivity index (χ0v) is 12.9. The van der Waals surface area contributed by atoms with Gasteiger partial charge in [-0.25, -0.2) is 23.5 Å². The minimum Gasteiger partial charge on any atom is -0.467 e. The van der Waals surface area contributed by atoms with Crippen molar-refractivity contribution >= 4 is 17.7 Å². The predicted octanol–water partition coefficient (Wildman–Crippen LogP) is 1.65. The Bertz CT molecular complexity index is 924. The number of aromatic nitrogens is 3. The maximum atomic E-state index is 14.0. The quantitative estimate of drug-likeness (QED) is 0.726. The summed E-state index contributed by atoms with van der Waals surface area (Å²) in [4.78, 5) is 32.3. The third kappa shape index (κ3) is 3.30. The number of ether oxygens (including phenoxy) is 1. The fourth-order valence-electron chi connectivity index (χ4n) is 2.26. The van der Waals surface area contributed by atoms with E-state index < -0.39 is 29.6 Å². The van der Waals surface area contributed by atoms with Gasteiger partial charge in [0.05, 0.1) is 7.11 Å². The van der Waals surface area contributed by atoms with Crippen LogP contribution >= 0.6 is 0 Å². The zero-order valence-electron chi connectivity index (χ0n) is 12.9. The van der Waals surface area contributed by atoms with Gasteiger partial charge < -0.3 is 10.1 Å². The highest BCUT2D eigenvalue weighted by molar-refractivity contribution is 5.95. The molecule has 0 saturated heterocycles. The Hall–Kier alpha value is -3.36. The second kappa shape index (κ2) is 6.63. The van der Waals surface area contributed by atoms with Crippen LogP contribution in [-0.2, 0) is 9.53 Å². The van der Waals surface area contributed by atoms with Gasteiger partial charge in [-0.2, -0.15) is 0 Å². The van der Waals surface area contributed by atoms with Crippen LogP contribution in [0.3, 0.4) is 0 Å². The first-order valence-corrected chi connectivity index (χ1v) is 7.13. The molecule has 0 aliphatic heterocycles. The highest BCUT2D eigenvalue weighted by Gasteiger charge is 2.28. The molecule has 1 aromatic carbocycles. The van der Waals surface area contributed by atoms with Crippen LogP contribution in [0.5, 0.6) is 0 Å². The topological polar surface area (TPSA) is 85.6 Å². The Morgan fingerprint density at radius 1 is 1.32 bits per heavy atom. The third-order valence-corrected chi connectivity index (χ3v) is 3.45. The molecule has 0 saturated carbocycles. The summed E-state index contributed by atoms with van der Waals surface area (Å²) in [7, 11) is 1.08. The number of esters is 1. The monoisotopic (exact) mass is 346 g/mol. The molecule has 1 amide bonds. The number of hydrogen-bond acceptors (Lipinski definition) is 5. The number of nitrogens with zero attached hydrogens (tertiary/aromatic N) is 3. The van der Waals surface area contributed by atoms with E-state index in [0.29, 0.717) is 0 Å². The van der Waals surface area contributed by atoms with Gasteiger partial charge in [0, 0.05) is 24.2 Å². The number of amides is 1. The summed E-state index contributed by atoms with van der Waals surface area (Å²) in [6, 6.07) is 2.72. The van der Waals surface area contributed by atoms with Crippen LogP contribution in [-0.4, -0.2) is 33.4 Å². The second-order valence-electron chi connectivity index (χ2n) is 5.05. The molecule has 1 unspecified atom stereocenters. The van der Waals surface area contributed by atoms with Gasteiger partial charge in [0.1, 0.15) is 17.3 Å². The number of fused-ring (bicyclic) bond motifs is 1. The predicted molar refractivity (Wildman–Crippen MR) is 81.6 cm³/mol. The summed E-state index contributed by atoms with van der Waals surface area (Å²) in [5.41, 5.74) is -0.383. The van der Waals surface area contributed by atoms with Crippen LogP contribution in [0, 0.1) is 11.6 Å². The Kier molecular flexibility index (Phi) is 4.38. The summed E-state index contributed by atoms with van der Waals surface area (Å²) in [6.45, 7) is 0. The van der Waals surface area contributed by atoms with Crippen LogP contribution in [0.15, 0.2) is 42.9 Å². The SMILES string of the molecule is COC(=O)C(NC(=O)c1cn2cccnc2n1)c1cc(F)ccc1F. The van der Waals surface area contributed by atoms with Crippen LogP contribution in [0.25, 0.3) is 5.78 Å². The van der Waals surface area contributed by atoms with Crippen molar-refractivity contribution in [1.29, 1.82) is 0 Å². The molecule has 0 spiro atoms. The fraction of sp³-hybridized carbons (Fsp3) is 0.125. The van der Waals surface area contributed by atoms with Crippen molar-refractivity contribution in [2.24, 2.45) is 0 Å². The lowest BCUT2D eigenvalue weighted by Gasteiger charge is -2.17. The van der Waals surface area contributed by atoms with E-state index in [1.807, 2.05) is 0 Å². The highest BCUT2D eigenvalue weighted by Crippen LogP contribution is 2.20. The summed E-state index contributed by atoms with van der Waals surface area (Å²) in [6.07, 6.45) is 4.54. The number of rotatable bonds is 4. The van der Waals surface area contributed by atoms with Crippen molar-refractivity contribution in [3.63, 3.8) is 0 Å². The van der Waals surface area contributed by atoms with Crippen molar-refractivity contribution in [2.75, 3.05) is 7.11 Å². The normalized spacial score (nSPS) is 12.0. The van der Waals surface area contributed by atoms with E-state index in [2.05, 4.69) is 20.0 Å². The van der Waals surface area contributed by atoms with Crippen LogP contribution in [0.1, 0.15) is 22.1 Å². The number of nitrogens with one attached hydrogen (secondary N) is 1. The van der Waals surface area contributed by atoms with E-state index in [9.17, 15) is 18.4 Å². The summed E-state index contributed by atoms with van der Waals surface area (Å²) >= 11 is 0. The first kappa shape index (κ1) is 16.5. The van der Waals surface area contributed by atoms with Crippen molar-refractivity contribution < 1.29 is 23.1 Å². The maximum absolute atomic E-state index is 14.0. The summed E-state index contributed by atoms with van der Waals surface area (Å²) in [5.74, 6) is -3.03. The number of imidazole rings is 1. The van der Waals surface area contributed by atoms with E-state index in [4.69, 9.17) is 0 Å². The smallest absolute Gasteiger partial charge is 0.333 e.